The highest BCUT2D eigenvalue weighted by atomic mass is 16.5. The first-order valence-corrected chi connectivity index (χ1v) is 6.40. The number of rotatable bonds is 4. The maximum absolute atomic E-state index is 5.53. The Morgan fingerprint density at radius 3 is 2.65 bits per heavy atom. The molecule has 4 nitrogen and oxygen atoms in total. The van der Waals surface area contributed by atoms with E-state index in [-0.39, 0.29) is 6.04 Å². The van der Waals surface area contributed by atoms with E-state index < -0.39 is 0 Å². The monoisotopic (exact) mass is 238 g/mol. The van der Waals surface area contributed by atoms with Gasteiger partial charge in [-0.3, -0.25) is 0 Å². The van der Waals surface area contributed by atoms with Gasteiger partial charge in [-0.05, 0) is 39.5 Å². The Hall–Kier alpha value is -0.870. The molecule has 0 saturated heterocycles. The Bertz CT molecular complexity index is 343. The number of nitrogens with one attached hydrogen (secondary N) is 1. The molecule has 0 aromatic carbocycles. The number of aryl methyl sites for hydroxylation is 1. The molecule has 0 bridgehead atoms. The number of oxazole rings is 1. The minimum Gasteiger partial charge on any atom is -0.444 e. The number of hydrogen-bond donors (Lipinski definition) is 1. The third kappa shape index (κ3) is 3.30. The lowest BCUT2D eigenvalue weighted by molar-refractivity contribution is 0.0609. The van der Waals surface area contributed by atoms with Gasteiger partial charge in [0.05, 0.1) is 18.3 Å². The van der Waals surface area contributed by atoms with E-state index >= 15 is 0 Å². The summed E-state index contributed by atoms with van der Waals surface area (Å²) in [6.07, 6.45) is 6.85. The van der Waals surface area contributed by atoms with Crippen LogP contribution in [0.5, 0.6) is 0 Å². The smallest absolute Gasteiger partial charge is 0.211 e. The highest BCUT2D eigenvalue weighted by Crippen LogP contribution is 2.23. The van der Waals surface area contributed by atoms with Crippen LogP contribution in [-0.4, -0.2) is 24.2 Å². The zero-order valence-electron chi connectivity index (χ0n) is 10.9. The van der Waals surface area contributed by atoms with Crippen molar-refractivity contribution in [1.82, 2.24) is 10.3 Å². The molecule has 4 heteroatoms. The van der Waals surface area contributed by atoms with Crippen LogP contribution in [0.4, 0.5) is 0 Å². The number of aromatic nitrogens is 1. The Kier molecular flexibility index (Phi) is 4.18. The minimum absolute atomic E-state index is 0.188. The van der Waals surface area contributed by atoms with Gasteiger partial charge in [-0.2, -0.15) is 0 Å². The molecular weight excluding hydrogens is 216 g/mol. The average molecular weight is 238 g/mol. The van der Waals surface area contributed by atoms with Crippen LogP contribution in [0.15, 0.2) is 10.6 Å². The third-order valence-corrected chi connectivity index (χ3v) is 3.50. The van der Waals surface area contributed by atoms with Crippen LogP contribution in [0.3, 0.4) is 0 Å². The standard InChI is InChI=1S/C13H22N2O2/c1-9-8-14-13(17-9)10(2)15-11-4-6-12(16-3)7-5-11/h8,10-12,15H,4-7H2,1-3H3. The van der Waals surface area contributed by atoms with E-state index in [2.05, 4.69) is 17.2 Å². The maximum Gasteiger partial charge on any atom is 0.211 e. The third-order valence-electron chi connectivity index (χ3n) is 3.50. The largest absolute Gasteiger partial charge is 0.444 e. The molecule has 1 N–H and O–H groups in total. The molecule has 1 fully saturated rings. The average Bonchev–Trinajstić information content (AvgIpc) is 2.77. The second-order valence-electron chi connectivity index (χ2n) is 4.91. The molecular formula is C13H22N2O2. The van der Waals surface area contributed by atoms with Gasteiger partial charge < -0.3 is 14.5 Å². The van der Waals surface area contributed by atoms with Crippen LogP contribution in [0.25, 0.3) is 0 Å². The van der Waals surface area contributed by atoms with Gasteiger partial charge in [0, 0.05) is 13.2 Å². The van der Waals surface area contributed by atoms with E-state index in [4.69, 9.17) is 9.15 Å². The summed E-state index contributed by atoms with van der Waals surface area (Å²) in [5.41, 5.74) is 0. The van der Waals surface area contributed by atoms with Gasteiger partial charge in [0.15, 0.2) is 0 Å². The highest BCUT2D eigenvalue weighted by molar-refractivity contribution is 4.96. The van der Waals surface area contributed by atoms with Crippen LogP contribution in [0, 0.1) is 6.92 Å². The predicted molar refractivity (Wildman–Crippen MR) is 65.8 cm³/mol. The van der Waals surface area contributed by atoms with E-state index in [1.165, 1.54) is 12.8 Å². The van der Waals surface area contributed by atoms with E-state index in [0.717, 1.165) is 24.5 Å². The number of ether oxygens (including phenoxy) is 1. The van der Waals surface area contributed by atoms with Gasteiger partial charge >= 0.3 is 0 Å². The maximum atomic E-state index is 5.53. The van der Waals surface area contributed by atoms with Crippen molar-refractivity contribution in [2.24, 2.45) is 0 Å². The van der Waals surface area contributed by atoms with Crippen molar-refractivity contribution >= 4 is 0 Å². The van der Waals surface area contributed by atoms with Crippen molar-refractivity contribution in [1.29, 1.82) is 0 Å². The van der Waals surface area contributed by atoms with Crippen molar-refractivity contribution in [3.05, 3.63) is 17.8 Å². The van der Waals surface area contributed by atoms with Crippen LogP contribution in [0.1, 0.15) is 50.3 Å². The lowest BCUT2D eigenvalue weighted by Gasteiger charge is -2.29. The topological polar surface area (TPSA) is 47.3 Å². The second kappa shape index (κ2) is 5.65. The molecule has 0 spiro atoms. The van der Waals surface area contributed by atoms with Crippen molar-refractivity contribution in [2.45, 2.75) is 57.7 Å². The number of methoxy groups -OCH3 is 1. The summed E-state index contributed by atoms with van der Waals surface area (Å²) in [4.78, 5) is 4.26. The molecule has 0 radical (unpaired) electrons. The van der Waals surface area contributed by atoms with Gasteiger partial charge in [-0.15, -0.1) is 0 Å². The van der Waals surface area contributed by atoms with Crippen LogP contribution in [0.2, 0.25) is 0 Å². The van der Waals surface area contributed by atoms with Crippen LogP contribution >= 0.6 is 0 Å². The molecule has 0 amide bonds. The fourth-order valence-corrected chi connectivity index (χ4v) is 2.46. The summed E-state index contributed by atoms with van der Waals surface area (Å²) >= 11 is 0. The Labute approximate surface area is 103 Å². The summed E-state index contributed by atoms with van der Waals surface area (Å²) in [6, 6.07) is 0.747. The van der Waals surface area contributed by atoms with Gasteiger partial charge in [0.25, 0.3) is 0 Å². The van der Waals surface area contributed by atoms with E-state index in [1.807, 2.05) is 6.92 Å². The zero-order chi connectivity index (χ0) is 12.3. The first kappa shape index (κ1) is 12.6. The van der Waals surface area contributed by atoms with Gasteiger partial charge in [0.2, 0.25) is 5.89 Å². The second-order valence-corrected chi connectivity index (χ2v) is 4.91. The molecule has 1 aromatic rings. The SMILES string of the molecule is COC1CCC(NC(C)c2ncc(C)o2)CC1. The fourth-order valence-electron chi connectivity index (χ4n) is 2.46. The lowest BCUT2D eigenvalue weighted by Crippen LogP contribution is -2.36. The minimum atomic E-state index is 0.188. The fraction of sp³-hybridized carbons (Fsp3) is 0.769. The van der Waals surface area contributed by atoms with E-state index in [9.17, 15) is 0 Å². The Morgan fingerprint density at radius 2 is 2.12 bits per heavy atom. The zero-order valence-corrected chi connectivity index (χ0v) is 10.9. The lowest BCUT2D eigenvalue weighted by atomic mass is 9.92. The summed E-state index contributed by atoms with van der Waals surface area (Å²) in [6.45, 7) is 4.03. The molecule has 1 aliphatic carbocycles. The summed E-state index contributed by atoms with van der Waals surface area (Å²) in [5, 5.41) is 3.58. The van der Waals surface area contributed by atoms with Crippen molar-refractivity contribution in [3.8, 4) is 0 Å². The van der Waals surface area contributed by atoms with Crippen molar-refractivity contribution in [2.75, 3.05) is 7.11 Å². The first-order chi connectivity index (χ1) is 8.19. The van der Waals surface area contributed by atoms with Gasteiger partial charge in [0.1, 0.15) is 5.76 Å². The Balaban J connectivity index is 1.81. The van der Waals surface area contributed by atoms with Crippen LogP contribution < -0.4 is 5.32 Å². The molecule has 0 aliphatic heterocycles. The summed E-state index contributed by atoms with van der Waals surface area (Å²) in [7, 11) is 1.80. The molecule has 1 atom stereocenters. The first-order valence-electron chi connectivity index (χ1n) is 6.40. The molecule has 2 rings (SSSR count). The van der Waals surface area contributed by atoms with E-state index in [1.54, 1.807) is 13.3 Å². The molecule has 1 heterocycles. The van der Waals surface area contributed by atoms with Gasteiger partial charge in [-0.25, -0.2) is 4.98 Å². The number of nitrogens with zero attached hydrogens (tertiary/aromatic N) is 1. The van der Waals surface area contributed by atoms with Gasteiger partial charge in [-0.1, -0.05) is 0 Å². The molecule has 1 unspecified atom stereocenters. The molecule has 1 aromatic heterocycles. The van der Waals surface area contributed by atoms with E-state index in [0.29, 0.717) is 12.1 Å². The Morgan fingerprint density at radius 1 is 1.41 bits per heavy atom. The van der Waals surface area contributed by atoms with Crippen molar-refractivity contribution < 1.29 is 9.15 Å². The van der Waals surface area contributed by atoms with Crippen LogP contribution in [-0.2, 0) is 4.74 Å². The molecule has 96 valence electrons. The molecule has 17 heavy (non-hydrogen) atoms. The predicted octanol–water partition coefficient (Wildman–Crippen LogP) is 2.59. The summed E-state index contributed by atoms with van der Waals surface area (Å²) < 4.78 is 10.9. The number of hydrogen-bond acceptors (Lipinski definition) is 4. The molecule has 1 aliphatic rings. The summed E-state index contributed by atoms with van der Waals surface area (Å²) in [5.74, 6) is 1.66. The molecule has 1 saturated carbocycles. The normalized spacial score (nSPS) is 27.0. The highest BCUT2D eigenvalue weighted by Gasteiger charge is 2.23. The van der Waals surface area contributed by atoms with Crippen molar-refractivity contribution in [3.63, 3.8) is 0 Å². The quantitative estimate of drug-likeness (QED) is 0.876.